The molecule has 1 aromatic rings. The molecule has 5 nitrogen and oxygen atoms in total. The van der Waals surface area contributed by atoms with Gasteiger partial charge in [0, 0.05) is 36.9 Å². The van der Waals surface area contributed by atoms with Gasteiger partial charge >= 0.3 is 0 Å². The summed E-state index contributed by atoms with van der Waals surface area (Å²) in [5.41, 5.74) is 6.90. The number of benzene rings is 1. The zero-order valence-electron chi connectivity index (χ0n) is 12.6. The highest BCUT2D eigenvalue weighted by atomic mass is 16.5. The summed E-state index contributed by atoms with van der Waals surface area (Å²) in [6, 6.07) is 5.86. The summed E-state index contributed by atoms with van der Waals surface area (Å²) < 4.78 is 5.27. The summed E-state index contributed by atoms with van der Waals surface area (Å²) >= 11 is 0. The van der Waals surface area contributed by atoms with E-state index in [-0.39, 0.29) is 5.91 Å². The van der Waals surface area contributed by atoms with Crippen LogP contribution >= 0.6 is 0 Å². The molecule has 1 heterocycles. The minimum atomic E-state index is 0.00801. The van der Waals surface area contributed by atoms with E-state index in [2.05, 4.69) is 25.8 Å². The Kier molecular flexibility index (Phi) is 4.18. The molecule has 1 fully saturated rings. The van der Waals surface area contributed by atoms with Crippen LogP contribution < -0.4 is 10.5 Å². The quantitative estimate of drug-likeness (QED) is 0.831. The summed E-state index contributed by atoms with van der Waals surface area (Å²) in [4.78, 5) is 16.9. The lowest BCUT2D eigenvalue weighted by molar-refractivity contribution is 0.0412. The number of methoxy groups -OCH3 is 1. The highest BCUT2D eigenvalue weighted by Crippen LogP contribution is 2.24. The smallest absolute Gasteiger partial charge is 0.257 e. The van der Waals surface area contributed by atoms with Gasteiger partial charge in [0.2, 0.25) is 0 Å². The van der Waals surface area contributed by atoms with Gasteiger partial charge in [-0.25, -0.2) is 0 Å². The third kappa shape index (κ3) is 2.72. The van der Waals surface area contributed by atoms with E-state index in [0.717, 1.165) is 13.1 Å². The number of anilines is 1. The first-order valence-corrected chi connectivity index (χ1v) is 6.88. The fourth-order valence-electron chi connectivity index (χ4n) is 2.63. The number of likely N-dealkylation sites (N-methyl/N-ethyl adjacent to an activating group) is 1. The second-order valence-corrected chi connectivity index (χ2v) is 5.53. The summed E-state index contributed by atoms with van der Waals surface area (Å²) in [5.74, 6) is 0.544. The van der Waals surface area contributed by atoms with Crippen LogP contribution in [0.15, 0.2) is 18.2 Å². The average molecular weight is 277 g/mol. The zero-order valence-corrected chi connectivity index (χ0v) is 12.6. The van der Waals surface area contributed by atoms with Crippen LogP contribution in [0.25, 0.3) is 0 Å². The molecule has 1 amide bonds. The molecule has 1 aliphatic heterocycles. The third-order valence-electron chi connectivity index (χ3n) is 4.10. The number of hydrogen-bond donors (Lipinski definition) is 1. The molecule has 0 bridgehead atoms. The van der Waals surface area contributed by atoms with Crippen LogP contribution in [0.4, 0.5) is 5.69 Å². The summed E-state index contributed by atoms with van der Waals surface area (Å²) in [7, 11) is 3.65. The van der Waals surface area contributed by atoms with Crippen molar-refractivity contribution in [1.82, 2.24) is 9.80 Å². The Labute approximate surface area is 120 Å². The third-order valence-corrected chi connectivity index (χ3v) is 4.10. The monoisotopic (exact) mass is 277 g/mol. The van der Waals surface area contributed by atoms with Gasteiger partial charge in [0.1, 0.15) is 5.75 Å². The molecule has 0 radical (unpaired) electrons. The maximum absolute atomic E-state index is 12.7. The van der Waals surface area contributed by atoms with E-state index >= 15 is 0 Å². The van der Waals surface area contributed by atoms with Gasteiger partial charge in [-0.3, -0.25) is 9.69 Å². The largest absolute Gasteiger partial charge is 0.496 e. The van der Waals surface area contributed by atoms with Gasteiger partial charge < -0.3 is 15.4 Å². The van der Waals surface area contributed by atoms with Crippen LogP contribution in [0.1, 0.15) is 24.2 Å². The van der Waals surface area contributed by atoms with Crippen molar-refractivity contribution in [3.63, 3.8) is 0 Å². The molecule has 110 valence electrons. The molecule has 1 aliphatic rings. The van der Waals surface area contributed by atoms with Gasteiger partial charge in [-0.2, -0.15) is 0 Å². The molecule has 5 heteroatoms. The van der Waals surface area contributed by atoms with Crippen LogP contribution in [0.5, 0.6) is 5.75 Å². The van der Waals surface area contributed by atoms with Crippen LogP contribution in [0, 0.1) is 0 Å². The van der Waals surface area contributed by atoms with Gasteiger partial charge in [0.05, 0.1) is 12.7 Å². The number of nitrogens with two attached hydrogens (primary N) is 1. The van der Waals surface area contributed by atoms with Gasteiger partial charge in [0.25, 0.3) is 5.91 Å². The summed E-state index contributed by atoms with van der Waals surface area (Å²) in [5, 5.41) is 0. The Morgan fingerprint density at radius 3 is 2.45 bits per heavy atom. The van der Waals surface area contributed by atoms with Gasteiger partial charge in [-0.05, 0) is 33.0 Å². The number of nitrogen functional groups attached to an aromatic ring is 1. The van der Waals surface area contributed by atoms with E-state index in [0.29, 0.717) is 29.1 Å². The molecular formula is C15H23N3O2. The Balaban J connectivity index is 2.23. The molecule has 2 rings (SSSR count). The normalized spacial score (nSPS) is 23.7. The Hall–Kier alpha value is -1.75. The first-order valence-electron chi connectivity index (χ1n) is 6.88. The molecule has 0 spiro atoms. The van der Waals surface area contributed by atoms with Crippen molar-refractivity contribution in [3.8, 4) is 5.75 Å². The second-order valence-electron chi connectivity index (χ2n) is 5.53. The number of nitrogens with zero attached hydrogens (tertiary/aromatic N) is 2. The zero-order chi connectivity index (χ0) is 14.9. The van der Waals surface area contributed by atoms with E-state index in [1.165, 1.54) is 0 Å². The molecule has 0 saturated carbocycles. The van der Waals surface area contributed by atoms with Crippen LogP contribution in [-0.2, 0) is 0 Å². The highest BCUT2D eigenvalue weighted by molar-refractivity contribution is 5.97. The summed E-state index contributed by atoms with van der Waals surface area (Å²) in [6.45, 7) is 5.73. The minimum absolute atomic E-state index is 0.00801. The lowest BCUT2D eigenvalue weighted by atomic mass is 10.1. The maximum atomic E-state index is 12.7. The van der Waals surface area contributed by atoms with Gasteiger partial charge in [-0.1, -0.05) is 0 Å². The summed E-state index contributed by atoms with van der Waals surface area (Å²) in [6.07, 6.45) is 0. The molecule has 0 aliphatic carbocycles. The molecule has 2 N–H and O–H groups in total. The van der Waals surface area contributed by atoms with Crippen LogP contribution in [-0.4, -0.2) is 55.0 Å². The van der Waals surface area contributed by atoms with E-state index in [4.69, 9.17) is 10.5 Å². The standard InChI is InChI=1S/C15H23N3O2/c1-10-8-18(9-11(2)17(10)3)15(19)13-6-5-12(16)7-14(13)20-4/h5-7,10-11H,8-9,16H2,1-4H3. The predicted molar refractivity (Wildman–Crippen MR) is 80.0 cm³/mol. The minimum Gasteiger partial charge on any atom is -0.496 e. The molecule has 2 unspecified atom stereocenters. The number of carbonyl (C=O) groups excluding carboxylic acids is 1. The van der Waals surface area contributed by atoms with E-state index in [1.807, 2.05) is 4.90 Å². The number of piperazine rings is 1. The topological polar surface area (TPSA) is 58.8 Å². The Bertz CT molecular complexity index is 492. The van der Waals surface area contributed by atoms with Crippen molar-refractivity contribution in [2.45, 2.75) is 25.9 Å². The van der Waals surface area contributed by atoms with Crippen molar-refractivity contribution in [3.05, 3.63) is 23.8 Å². The van der Waals surface area contributed by atoms with Crippen LogP contribution in [0.3, 0.4) is 0 Å². The number of rotatable bonds is 2. The predicted octanol–water partition coefficient (Wildman–Crippen LogP) is 1.44. The SMILES string of the molecule is COc1cc(N)ccc1C(=O)N1CC(C)N(C)C(C)C1. The fraction of sp³-hybridized carbons (Fsp3) is 0.533. The first kappa shape index (κ1) is 14.7. The molecule has 1 aromatic carbocycles. The van der Waals surface area contributed by atoms with E-state index < -0.39 is 0 Å². The molecule has 0 aromatic heterocycles. The number of amides is 1. The maximum Gasteiger partial charge on any atom is 0.257 e. The van der Waals surface area contributed by atoms with Crippen molar-refractivity contribution < 1.29 is 9.53 Å². The van der Waals surface area contributed by atoms with Crippen molar-refractivity contribution in [2.24, 2.45) is 0 Å². The van der Waals surface area contributed by atoms with Crippen molar-refractivity contribution in [1.29, 1.82) is 0 Å². The highest BCUT2D eigenvalue weighted by Gasteiger charge is 2.30. The van der Waals surface area contributed by atoms with Crippen molar-refractivity contribution >= 4 is 11.6 Å². The fourth-order valence-corrected chi connectivity index (χ4v) is 2.63. The van der Waals surface area contributed by atoms with Gasteiger partial charge in [-0.15, -0.1) is 0 Å². The van der Waals surface area contributed by atoms with E-state index in [1.54, 1.807) is 25.3 Å². The lowest BCUT2D eigenvalue weighted by Gasteiger charge is -2.42. The second kappa shape index (κ2) is 5.71. The Morgan fingerprint density at radius 2 is 1.90 bits per heavy atom. The van der Waals surface area contributed by atoms with Crippen LogP contribution in [0.2, 0.25) is 0 Å². The number of hydrogen-bond acceptors (Lipinski definition) is 4. The van der Waals surface area contributed by atoms with Crippen molar-refractivity contribution in [2.75, 3.05) is 33.0 Å². The molecule has 1 saturated heterocycles. The molecule has 20 heavy (non-hydrogen) atoms. The lowest BCUT2D eigenvalue weighted by Crippen LogP contribution is -2.56. The Morgan fingerprint density at radius 1 is 1.30 bits per heavy atom. The van der Waals surface area contributed by atoms with Gasteiger partial charge in [0.15, 0.2) is 0 Å². The van der Waals surface area contributed by atoms with E-state index in [9.17, 15) is 4.79 Å². The average Bonchev–Trinajstić information content (AvgIpc) is 2.43. The molecular weight excluding hydrogens is 254 g/mol. The number of carbonyl (C=O) groups is 1. The number of ether oxygens (including phenoxy) is 1. The molecule has 2 atom stereocenters. The first-order chi connectivity index (χ1) is 9.43.